The van der Waals surface area contributed by atoms with E-state index in [0.717, 1.165) is 0 Å². The fourth-order valence-electron chi connectivity index (χ4n) is 2.84. The summed E-state index contributed by atoms with van der Waals surface area (Å²) < 4.78 is 5.06. The molecule has 3 aromatic rings. The molecular formula is C23H22N4O5. The average Bonchev–Trinajstić information content (AvgIpc) is 3.37. The van der Waals surface area contributed by atoms with Gasteiger partial charge in [-0.1, -0.05) is 37.3 Å². The van der Waals surface area contributed by atoms with Gasteiger partial charge in [0.2, 0.25) is 0 Å². The van der Waals surface area contributed by atoms with Crippen molar-refractivity contribution in [2.45, 2.75) is 19.4 Å². The maximum atomic E-state index is 12.8. The SMILES string of the molecule is CC[C@@H](NC(=O)c1ccccc1NC(=O)c1ccco1)C(=O)NNC(=O)c1ccccc1. The molecule has 164 valence electrons. The Morgan fingerprint density at radius 2 is 1.53 bits per heavy atom. The highest BCUT2D eigenvalue weighted by atomic mass is 16.3. The van der Waals surface area contributed by atoms with Crippen LogP contribution in [0.4, 0.5) is 5.69 Å². The third-order valence-corrected chi connectivity index (χ3v) is 4.53. The van der Waals surface area contributed by atoms with E-state index in [2.05, 4.69) is 21.5 Å². The number of hydrogen-bond donors (Lipinski definition) is 4. The highest BCUT2D eigenvalue weighted by Gasteiger charge is 2.22. The summed E-state index contributed by atoms with van der Waals surface area (Å²) in [5, 5.41) is 5.24. The Hall–Kier alpha value is -4.40. The van der Waals surface area contributed by atoms with Crippen molar-refractivity contribution >= 4 is 29.3 Å². The molecule has 0 bridgehead atoms. The predicted octanol–water partition coefficient (Wildman–Crippen LogP) is 2.50. The van der Waals surface area contributed by atoms with E-state index >= 15 is 0 Å². The number of anilines is 1. The lowest BCUT2D eigenvalue weighted by Gasteiger charge is -2.18. The molecule has 0 spiro atoms. The predicted molar refractivity (Wildman–Crippen MR) is 117 cm³/mol. The van der Waals surface area contributed by atoms with Crippen LogP contribution in [0.2, 0.25) is 0 Å². The van der Waals surface area contributed by atoms with Gasteiger partial charge >= 0.3 is 0 Å². The number of rotatable bonds is 7. The van der Waals surface area contributed by atoms with E-state index in [1.165, 1.54) is 18.4 Å². The third-order valence-electron chi connectivity index (χ3n) is 4.53. The van der Waals surface area contributed by atoms with E-state index in [4.69, 9.17) is 4.42 Å². The number of amides is 4. The molecule has 9 nitrogen and oxygen atoms in total. The Labute approximate surface area is 184 Å². The first kappa shape index (κ1) is 22.3. The summed E-state index contributed by atoms with van der Waals surface area (Å²) in [5.74, 6) is -2.03. The molecule has 0 aliphatic rings. The van der Waals surface area contributed by atoms with Crippen molar-refractivity contribution in [1.29, 1.82) is 0 Å². The van der Waals surface area contributed by atoms with Crippen LogP contribution >= 0.6 is 0 Å². The number of para-hydroxylation sites is 1. The van der Waals surface area contributed by atoms with Crippen LogP contribution in [0.15, 0.2) is 77.4 Å². The Balaban J connectivity index is 1.63. The molecule has 0 aliphatic heterocycles. The molecule has 4 amide bonds. The van der Waals surface area contributed by atoms with Gasteiger partial charge in [0.05, 0.1) is 17.5 Å². The molecule has 4 N–H and O–H groups in total. The van der Waals surface area contributed by atoms with Gasteiger partial charge in [0.1, 0.15) is 6.04 Å². The summed E-state index contributed by atoms with van der Waals surface area (Å²) in [6.45, 7) is 1.72. The number of carbonyl (C=O) groups excluding carboxylic acids is 4. The second kappa shape index (κ2) is 10.6. The number of hydrazine groups is 1. The standard InChI is InChI=1S/C23H22N4O5/c1-2-17(22(30)27-26-20(28)15-9-4-3-5-10-15)24-21(29)16-11-6-7-12-18(16)25-23(31)19-13-8-14-32-19/h3-14,17H,2H2,1H3,(H,24,29)(H,25,31)(H,26,28)(H,27,30)/t17-/m1/s1. The lowest BCUT2D eigenvalue weighted by atomic mass is 10.1. The summed E-state index contributed by atoms with van der Waals surface area (Å²) in [7, 11) is 0. The molecule has 0 unspecified atom stereocenters. The topological polar surface area (TPSA) is 130 Å². The molecule has 1 heterocycles. The number of benzene rings is 2. The minimum atomic E-state index is -0.910. The van der Waals surface area contributed by atoms with Gasteiger partial charge in [-0.05, 0) is 42.8 Å². The highest BCUT2D eigenvalue weighted by molar-refractivity contribution is 6.08. The van der Waals surface area contributed by atoms with Gasteiger partial charge in [0, 0.05) is 5.56 Å². The van der Waals surface area contributed by atoms with E-state index in [0.29, 0.717) is 5.56 Å². The van der Waals surface area contributed by atoms with Crippen molar-refractivity contribution in [3.8, 4) is 0 Å². The Morgan fingerprint density at radius 3 is 2.22 bits per heavy atom. The van der Waals surface area contributed by atoms with Gasteiger partial charge in [-0.25, -0.2) is 0 Å². The molecule has 32 heavy (non-hydrogen) atoms. The molecule has 9 heteroatoms. The fraction of sp³-hybridized carbons (Fsp3) is 0.130. The Kier molecular flexibility index (Phi) is 7.37. The number of furan rings is 1. The molecule has 0 saturated carbocycles. The van der Waals surface area contributed by atoms with Crippen LogP contribution in [-0.4, -0.2) is 29.7 Å². The molecule has 3 rings (SSSR count). The summed E-state index contributed by atoms with van der Waals surface area (Å²) in [4.78, 5) is 49.6. The number of hydrogen-bond acceptors (Lipinski definition) is 5. The second-order valence-corrected chi connectivity index (χ2v) is 6.72. The zero-order valence-corrected chi connectivity index (χ0v) is 17.3. The minimum absolute atomic E-state index is 0.0974. The van der Waals surface area contributed by atoms with Crippen LogP contribution in [0, 0.1) is 0 Å². The molecular weight excluding hydrogens is 412 g/mol. The van der Waals surface area contributed by atoms with Gasteiger partial charge in [-0.3, -0.25) is 30.0 Å². The molecule has 1 atom stereocenters. The number of nitrogens with one attached hydrogen (secondary N) is 4. The summed E-state index contributed by atoms with van der Waals surface area (Å²) >= 11 is 0. The molecule has 0 saturated heterocycles. The van der Waals surface area contributed by atoms with E-state index in [1.807, 2.05) is 0 Å². The minimum Gasteiger partial charge on any atom is -0.459 e. The lowest BCUT2D eigenvalue weighted by molar-refractivity contribution is -0.123. The zero-order chi connectivity index (χ0) is 22.9. The van der Waals surface area contributed by atoms with Crippen LogP contribution in [0.1, 0.15) is 44.6 Å². The highest BCUT2D eigenvalue weighted by Crippen LogP contribution is 2.17. The maximum Gasteiger partial charge on any atom is 0.291 e. The third kappa shape index (κ3) is 5.60. The number of carbonyl (C=O) groups is 4. The van der Waals surface area contributed by atoms with E-state index < -0.39 is 29.7 Å². The molecule has 0 radical (unpaired) electrons. The molecule has 2 aromatic carbocycles. The van der Waals surface area contributed by atoms with Crippen molar-refractivity contribution in [3.05, 3.63) is 89.9 Å². The second-order valence-electron chi connectivity index (χ2n) is 6.72. The first-order valence-electron chi connectivity index (χ1n) is 9.89. The van der Waals surface area contributed by atoms with Crippen LogP contribution in [0.25, 0.3) is 0 Å². The van der Waals surface area contributed by atoms with E-state index in [-0.39, 0.29) is 23.4 Å². The molecule has 0 fully saturated rings. The van der Waals surface area contributed by atoms with Crippen molar-refractivity contribution in [2.24, 2.45) is 0 Å². The summed E-state index contributed by atoms with van der Waals surface area (Å²) in [6, 6.07) is 16.9. The normalized spacial score (nSPS) is 11.2. The van der Waals surface area contributed by atoms with Gasteiger partial charge < -0.3 is 15.1 Å². The van der Waals surface area contributed by atoms with Gasteiger partial charge in [0.25, 0.3) is 23.6 Å². The van der Waals surface area contributed by atoms with Crippen molar-refractivity contribution < 1.29 is 23.6 Å². The Morgan fingerprint density at radius 1 is 0.812 bits per heavy atom. The van der Waals surface area contributed by atoms with Crippen LogP contribution < -0.4 is 21.5 Å². The zero-order valence-electron chi connectivity index (χ0n) is 17.3. The van der Waals surface area contributed by atoms with Gasteiger partial charge in [-0.2, -0.15) is 0 Å². The average molecular weight is 434 g/mol. The van der Waals surface area contributed by atoms with E-state index in [9.17, 15) is 19.2 Å². The summed E-state index contributed by atoms with van der Waals surface area (Å²) in [5.41, 5.74) is 5.46. The largest absolute Gasteiger partial charge is 0.459 e. The van der Waals surface area contributed by atoms with Crippen molar-refractivity contribution in [2.75, 3.05) is 5.32 Å². The monoisotopic (exact) mass is 434 g/mol. The van der Waals surface area contributed by atoms with Crippen molar-refractivity contribution in [3.63, 3.8) is 0 Å². The van der Waals surface area contributed by atoms with Crippen LogP contribution in [0.3, 0.4) is 0 Å². The van der Waals surface area contributed by atoms with Crippen molar-refractivity contribution in [1.82, 2.24) is 16.2 Å². The maximum absolute atomic E-state index is 12.8. The Bertz CT molecular complexity index is 1100. The van der Waals surface area contributed by atoms with Crippen LogP contribution in [0.5, 0.6) is 0 Å². The van der Waals surface area contributed by atoms with Gasteiger partial charge in [-0.15, -0.1) is 0 Å². The quantitative estimate of drug-likeness (QED) is 0.425. The summed E-state index contributed by atoms with van der Waals surface area (Å²) in [6.07, 6.45) is 1.65. The smallest absolute Gasteiger partial charge is 0.291 e. The van der Waals surface area contributed by atoms with Crippen LogP contribution in [-0.2, 0) is 4.79 Å². The fourth-order valence-corrected chi connectivity index (χ4v) is 2.84. The van der Waals surface area contributed by atoms with Gasteiger partial charge in [0.15, 0.2) is 5.76 Å². The lowest BCUT2D eigenvalue weighted by Crippen LogP contribution is -2.52. The molecule has 1 aromatic heterocycles. The first-order chi connectivity index (χ1) is 15.5. The molecule has 0 aliphatic carbocycles. The first-order valence-corrected chi connectivity index (χ1v) is 9.89. The van der Waals surface area contributed by atoms with E-state index in [1.54, 1.807) is 61.5 Å².